The highest BCUT2D eigenvalue weighted by molar-refractivity contribution is 5.79. The minimum absolute atomic E-state index is 0.00804. The summed E-state index contributed by atoms with van der Waals surface area (Å²) in [5.41, 5.74) is 0.170. The molecule has 0 aliphatic carbocycles. The molecule has 0 radical (unpaired) electrons. The molecule has 2 rings (SSSR count). The monoisotopic (exact) mass is 286 g/mol. The second-order valence-electron chi connectivity index (χ2n) is 5.78. The van der Waals surface area contributed by atoms with Crippen molar-refractivity contribution < 1.29 is 9.90 Å². The van der Waals surface area contributed by atoms with E-state index in [9.17, 15) is 9.90 Å². The molecule has 0 saturated heterocycles. The van der Waals surface area contributed by atoms with E-state index in [-0.39, 0.29) is 18.2 Å². The lowest BCUT2D eigenvalue weighted by Gasteiger charge is -2.31. The number of aryl methyl sites for hydroxylation is 1. The van der Waals surface area contributed by atoms with Gasteiger partial charge in [-0.05, 0) is 24.3 Å². The summed E-state index contributed by atoms with van der Waals surface area (Å²) in [6.45, 7) is 3.90. The van der Waals surface area contributed by atoms with E-state index in [4.69, 9.17) is 0 Å². The molecule has 0 spiro atoms. The van der Waals surface area contributed by atoms with Crippen molar-refractivity contribution in [2.75, 3.05) is 0 Å². The molecule has 0 saturated carbocycles. The standard InChI is InChI=1S/C17H22N2O2/c1-14(2)17(21,9-8-15-6-4-3-5-7-15)12-16(20)19-11-10-18-13-19/h3-7,10-11,13-14,21H,8-9,12H2,1-2H3. The van der Waals surface area contributed by atoms with Gasteiger partial charge < -0.3 is 5.11 Å². The average Bonchev–Trinajstić information content (AvgIpc) is 3.00. The highest BCUT2D eigenvalue weighted by Gasteiger charge is 2.33. The molecule has 0 aliphatic heterocycles. The fourth-order valence-corrected chi connectivity index (χ4v) is 2.35. The number of aliphatic hydroxyl groups is 1. The van der Waals surface area contributed by atoms with Crippen molar-refractivity contribution in [2.24, 2.45) is 5.92 Å². The molecule has 112 valence electrons. The number of carbonyl (C=O) groups excluding carboxylic acids is 1. The van der Waals surface area contributed by atoms with Crippen LogP contribution in [-0.2, 0) is 6.42 Å². The Morgan fingerprint density at radius 2 is 2.05 bits per heavy atom. The Kier molecular flexibility index (Phi) is 4.91. The van der Waals surface area contributed by atoms with Crippen LogP contribution in [0.2, 0.25) is 0 Å². The average molecular weight is 286 g/mol. The maximum atomic E-state index is 12.2. The molecule has 1 aromatic carbocycles. The Hall–Kier alpha value is -1.94. The summed E-state index contributed by atoms with van der Waals surface area (Å²) in [7, 11) is 0. The summed E-state index contributed by atoms with van der Waals surface area (Å²) < 4.78 is 1.43. The fourth-order valence-electron chi connectivity index (χ4n) is 2.35. The predicted octanol–water partition coefficient (Wildman–Crippen LogP) is 2.93. The van der Waals surface area contributed by atoms with Crippen molar-refractivity contribution in [2.45, 2.75) is 38.7 Å². The zero-order chi connectivity index (χ0) is 15.3. The van der Waals surface area contributed by atoms with Gasteiger partial charge >= 0.3 is 0 Å². The molecule has 1 atom stereocenters. The van der Waals surface area contributed by atoms with E-state index in [1.165, 1.54) is 16.5 Å². The highest BCUT2D eigenvalue weighted by atomic mass is 16.3. The van der Waals surface area contributed by atoms with Crippen molar-refractivity contribution >= 4 is 5.91 Å². The SMILES string of the molecule is CC(C)C(O)(CCc1ccccc1)CC(=O)n1ccnc1. The van der Waals surface area contributed by atoms with Gasteiger partial charge in [-0.3, -0.25) is 9.36 Å². The van der Waals surface area contributed by atoms with Gasteiger partial charge in [-0.2, -0.15) is 0 Å². The van der Waals surface area contributed by atoms with Crippen LogP contribution in [0.4, 0.5) is 0 Å². The van der Waals surface area contributed by atoms with Crippen LogP contribution < -0.4 is 0 Å². The number of hydrogen-bond acceptors (Lipinski definition) is 3. The van der Waals surface area contributed by atoms with Gasteiger partial charge in [-0.15, -0.1) is 0 Å². The van der Waals surface area contributed by atoms with Gasteiger partial charge in [0.2, 0.25) is 5.91 Å². The Morgan fingerprint density at radius 3 is 2.62 bits per heavy atom. The molecule has 1 unspecified atom stereocenters. The van der Waals surface area contributed by atoms with E-state index in [1.54, 1.807) is 12.4 Å². The van der Waals surface area contributed by atoms with Crippen LogP contribution in [0.5, 0.6) is 0 Å². The summed E-state index contributed by atoms with van der Waals surface area (Å²) >= 11 is 0. The van der Waals surface area contributed by atoms with Crippen LogP contribution in [-0.4, -0.2) is 26.2 Å². The van der Waals surface area contributed by atoms with Crippen molar-refractivity contribution in [3.8, 4) is 0 Å². The van der Waals surface area contributed by atoms with Gasteiger partial charge in [0.15, 0.2) is 0 Å². The number of benzene rings is 1. The largest absolute Gasteiger partial charge is 0.389 e. The van der Waals surface area contributed by atoms with Crippen molar-refractivity contribution in [3.05, 3.63) is 54.6 Å². The van der Waals surface area contributed by atoms with Crippen LogP contribution >= 0.6 is 0 Å². The molecular weight excluding hydrogens is 264 g/mol. The normalized spacial score (nSPS) is 14.1. The maximum Gasteiger partial charge on any atom is 0.234 e. The van der Waals surface area contributed by atoms with Crippen LogP contribution in [0.3, 0.4) is 0 Å². The van der Waals surface area contributed by atoms with E-state index in [0.717, 1.165) is 6.42 Å². The second kappa shape index (κ2) is 6.68. The predicted molar refractivity (Wildman–Crippen MR) is 82.0 cm³/mol. The number of nitrogens with zero attached hydrogens (tertiary/aromatic N) is 2. The Labute approximate surface area is 125 Å². The van der Waals surface area contributed by atoms with Crippen molar-refractivity contribution in [1.29, 1.82) is 0 Å². The van der Waals surface area contributed by atoms with Crippen molar-refractivity contribution in [3.63, 3.8) is 0 Å². The lowest BCUT2D eigenvalue weighted by Crippen LogP contribution is -2.39. The number of rotatable bonds is 6. The minimum atomic E-state index is -1.00. The molecule has 2 aromatic rings. The van der Waals surface area contributed by atoms with E-state index in [1.807, 2.05) is 44.2 Å². The van der Waals surface area contributed by atoms with Gasteiger partial charge in [-0.1, -0.05) is 44.2 Å². The van der Waals surface area contributed by atoms with Crippen LogP contribution in [0.15, 0.2) is 49.1 Å². The first kappa shape index (κ1) is 15.4. The molecule has 4 nitrogen and oxygen atoms in total. The molecule has 0 aliphatic rings. The third-order valence-electron chi connectivity index (χ3n) is 4.01. The first-order chi connectivity index (χ1) is 10.0. The Balaban J connectivity index is 2.04. The topological polar surface area (TPSA) is 55.1 Å². The van der Waals surface area contributed by atoms with Crippen molar-refractivity contribution in [1.82, 2.24) is 9.55 Å². The lowest BCUT2D eigenvalue weighted by atomic mass is 9.82. The zero-order valence-corrected chi connectivity index (χ0v) is 12.6. The molecule has 4 heteroatoms. The third kappa shape index (κ3) is 4.02. The number of aromatic nitrogens is 2. The first-order valence-electron chi connectivity index (χ1n) is 7.29. The van der Waals surface area contributed by atoms with Crippen LogP contribution in [0.1, 0.15) is 37.0 Å². The Morgan fingerprint density at radius 1 is 1.33 bits per heavy atom. The van der Waals surface area contributed by atoms with E-state index < -0.39 is 5.60 Å². The molecule has 21 heavy (non-hydrogen) atoms. The fraction of sp³-hybridized carbons (Fsp3) is 0.412. The Bertz CT molecular complexity index is 564. The van der Waals surface area contributed by atoms with Crippen LogP contribution in [0, 0.1) is 5.92 Å². The number of imidazole rings is 1. The molecule has 0 amide bonds. The second-order valence-corrected chi connectivity index (χ2v) is 5.78. The summed E-state index contributed by atoms with van der Waals surface area (Å²) in [5, 5.41) is 10.9. The smallest absolute Gasteiger partial charge is 0.234 e. The lowest BCUT2D eigenvalue weighted by molar-refractivity contribution is -0.0173. The number of carbonyl (C=O) groups is 1. The molecule has 0 bridgehead atoms. The van der Waals surface area contributed by atoms with Crippen LogP contribution in [0.25, 0.3) is 0 Å². The van der Waals surface area contributed by atoms with Gasteiger partial charge in [0.1, 0.15) is 6.33 Å². The summed E-state index contributed by atoms with van der Waals surface area (Å²) in [5.74, 6) is -0.120. The summed E-state index contributed by atoms with van der Waals surface area (Å²) in [6, 6.07) is 10.0. The molecule has 1 aromatic heterocycles. The maximum absolute atomic E-state index is 12.2. The van der Waals surface area contributed by atoms with Gasteiger partial charge in [0.25, 0.3) is 0 Å². The minimum Gasteiger partial charge on any atom is -0.389 e. The van der Waals surface area contributed by atoms with E-state index in [2.05, 4.69) is 4.98 Å². The molecular formula is C17H22N2O2. The van der Waals surface area contributed by atoms with Gasteiger partial charge in [-0.25, -0.2) is 4.98 Å². The molecule has 0 fully saturated rings. The first-order valence-corrected chi connectivity index (χ1v) is 7.29. The van der Waals surface area contributed by atoms with E-state index in [0.29, 0.717) is 6.42 Å². The number of hydrogen-bond donors (Lipinski definition) is 1. The summed E-state index contributed by atoms with van der Waals surface area (Å²) in [6.07, 6.45) is 6.08. The van der Waals surface area contributed by atoms with Gasteiger partial charge in [0.05, 0.1) is 12.0 Å². The molecule has 1 heterocycles. The quantitative estimate of drug-likeness (QED) is 0.888. The zero-order valence-electron chi connectivity index (χ0n) is 12.6. The highest BCUT2D eigenvalue weighted by Crippen LogP contribution is 2.27. The molecule has 1 N–H and O–H groups in total. The van der Waals surface area contributed by atoms with E-state index >= 15 is 0 Å². The summed E-state index contributed by atoms with van der Waals surface area (Å²) in [4.78, 5) is 16.1. The van der Waals surface area contributed by atoms with Gasteiger partial charge in [0, 0.05) is 12.4 Å². The third-order valence-corrected chi connectivity index (χ3v) is 4.01.